The lowest BCUT2D eigenvalue weighted by atomic mass is 10.1. The van der Waals surface area contributed by atoms with Crippen molar-refractivity contribution in [3.63, 3.8) is 0 Å². The van der Waals surface area contributed by atoms with Gasteiger partial charge in [-0.25, -0.2) is 0 Å². The lowest BCUT2D eigenvalue weighted by Gasteiger charge is -2.21. The van der Waals surface area contributed by atoms with Gasteiger partial charge in [0.15, 0.2) is 0 Å². The quantitative estimate of drug-likeness (QED) is 0.556. The zero-order chi connectivity index (χ0) is 20.2. The predicted octanol–water partition coefficient (Wildman–Crippen LogP) is 4.20. The molecule has 0 bridgehead atoms. The minimum Gasteiger partial charge on any atom is -0.365 e. The number of carbonyl (C=O) groups excluding carboxylic acids is 2. The molecule has 0 unspecified atom stereocenters. The van der Waals surface area contributed by atoms with Gasteiger partial charge in [-0.15, -0.1) is 11.3 Å². The molecule has 0 atom stereocenters. The molecule has 0 aliphatic carbocycles. The van der Waals surface area contributed by atoms with Crippen LogP contribution in [0.15, 0.2) is 83.9 Å². The molecule has 0 radical (unpaired) electrons. The van der Waals surface area contributed by atoms with Crippen molar-refractivity contribution in [2.75, 3.05) is 13.6 Å². The Hall–Kier alpha value is -3.18. The van der Waals surface area contributed by atoms with Crippen LogP contribution in [0.4, 0.5) is 0 Å². The summed E-state index contributed by atoms with van der Waals surface area (Å²) in [6, 6.07) is 23.7. The van der Waals surface area contributed by atoms with Gasteiger partial charge in [-0.1, -0.05) is 66.7 Å². The average Bonchev–Trinajstić information content (AvgIpc) is 3.34. The average molecular weight is 403 g/mol. The van der Waals surface area contributed by atoms with Crippen molar-refractivity contribution in [3.05, 3.63) is 99.9 Å². The van der Waals surface area contributed by atoms with Gasteiger partial charge in [0, 0.05) is 25.0 Å². The Kier molecular flexibility index (Phi) is 5.58. The molecule has 1 aromatic heterocycles. The third kappa shape index (κ3) is 4.00. The van der Waals surface area contributed by atoms with E-state index in [9.17, 15) is 9.59 Å². The summed E-state index contributed by atoms with van der Waals surface area (Å²) >= 11 is 1.49. The molecular formula is C24H22N2O2S. The predicted molar refractivity (Wildman–Crippen MR) is 116 cm³/mol. The van der Waals surface area contributed by atoms with Crippen LogP contribution in [0.25, 0.3) is 5.57 Å². The maximum absolute atomic E-state index is 13.3. The van der Waals surface area contributed by atoms with Crippen LogP contribution in [-0.4, -0.2) is 35.2 Å². The second kappa shape index (κ2) is 8.45. The van der Waals surface area contributed by atoms with E-state index in [2.05, 4.69) is 0 Å². The van der Waals surface area contributed by atoms with E-state index in [0.717, 1.165) is 16.0 Å². The van der Waals surface area contributed by atoms with Crippen molar-refractivity contribution in [1.82, 2.24) is 9.80 Å². The number of amides is 2. The van der Waals surface area contributed by atoms with E-state index in [0.29, 0.717) is 30.8 Å². The molecule has 2 amide bonds. The number of likely N-dealkylation sites (N-methyl/N-ethyl adjacent to an activating group) is 1. The Morgan fingerprint density at radius 2 is 1.48 bits per heavy atom. The fourth-order valence-corrected chi connectivity index (χ4v) is 4.35. The van der Waals surface area contributed by atoms with Gasteiger partial charge in [0.2, 0.25) is 0 Å². The zero-order valence-corrected chi connectivity index (χ0v) is 17.1. The first-order valence-corrected chi connectivity index (χ1v) is 10.5. The Balaban J connectivity index is 1.62. The highest BCUT2D eigenvalue weighted by Crippen LogP contribution is 2.34. The number of hydrogen-bond donors (Lipinski definition) is 0. The van der Waals surface area contributed by atoms with Crippen molar-refractivity contribution in [3.8, 4) is 0 Å². The molecule has 5 heteroatoms. The van der Waals surface area contributed by atoms with Crippen molar-refractivity contribution in [2.45, 2.75) is 13.0 Å². The molecule has 1 aliphatic rings. The summed E-state index contributed by atoms with van der Waals surface area (Å²) in [4.78, 5) is 30.6. The zero-order valence-electron chi connectivity index (χ0n) is 16.2. The summed E-state index contributed by atoms with van der Waals surface area (Å²) in [5.41, 5.74) is 3.19. The van der Waals surface area contributed by atoms with Crippen LogP contribution in [-0.2, 0) is 22.6 Å². The fraction of sp³-hybridized carbons (Fsp3) is 0.167. The number of nitrogens with zero attached hydrogens (tertiary/aromatic N) is 2. The third-order valence-corrected chi connectivity index (χ3v) is 5.91. The first-order chi connectivity index (χ1) is 14.1. The summed E-state index contributed by atoms with van der Waals surface area (Å²) < 4.78 is 0. The van der Waals surface area contributed by atoms with Crippen molar-refractivity contribution in [2.24, 2.45) is 0 Å². The van der Waals surface area contributed by atoms with Crippen LogP contribution in [0.1, 0.15) is 16.0 Å². The summed E-state index contributed by atoms with van der Waals surface area (Å²) in [5.74, 6) is -0.420. The van der Waals surface area contributed by atoms with Crippen molar-refractivity contribution < 1.29 is 9.59 Å². The van der Waals surface area contributed by atoms with Gasteiger partial charge in [0.1, 0.15) is 5.70 Å². The molecule has 146 valence electrons. The molecule has 0 fully saturated rings. The van der Waals surface area contributed by atoms with E-state index in [-0.39, 0.29) is 11.8 Å². The van der Waals surface area contributed by atoms with Gasteiger partial charge in [0.05, 0.1) is 5.57 Å². The normalized spacial score (nSPS) is 14.0. The van der Waals surface area contributed by atoms with Gasteiger partial charge in [-0.05, 0) is 29.0 Å². The van der Waals surface area contributed by atoms with Crippen LogP contribution in [0.2, 0.25) is 0 Å². The molecule has 0 saturated carbocycles. The molecular weight excluding hydrogens is 380 g/mol. The van der Waals surface area contributed by atoms with Gasteiger partial charge < -0.3 is 4.90 Å². The molecule has 2 heterocycles. The molecule has 2 aromatic carbocycles. The molecule has 0 spiro atoms. The minimum absolute atomic E-state index is 0.205. The number of carbonyl (C=O) groups is 2. The number of hydrogen-bond acceptors (Lipinski definition) is 4. The minimum atomic E-state index is -0.215. The van der Waals surface area contributed by atoms with Crippen LogP contribution >= 0.6 is 11.3 Å². The monoisotopic (exact) mass is 402 g/mol. The highest BCUT2D eigenvalue weighted by atomic mass is 32.1. The van der Waals surface area contributed by atoms with Gasteiger partial charge in [0.25, 0.3) is 11.8 Å². The van der Waals surface area contributed by atoms with Crippen molar-refractivity contribution in [1.29, 1.82) is 0 Å². The van der Waals surface area contributed by atoms with Gasteiger partial charge in [-0.2, -0.15) is 0 Å². The topological polar surface area (TPSA) is 40.6 Å². The lowest BCUT2D eigenvalue weighted by Crippen LogP contribution is -2.35. The molecule has 1 aliphatic heterocycles. The second-order valence-electron chi connectivity index (χ2n) is 7.04. The van der Waals surface area contributed by atoms with Crippen LogP contribution in [0.5, 0.6) is 0 Å². The smallest absolute Gasteiger partial charge is 0.277 e. The van der Waals surface area contributed by atoms with Crippen LogP contribution in [0.3, 0.4) is 0 Å². The number of rotatable bonds is 7. The van der Waals surface area contributed by atoms with E-state index >= 15 is 0 Å². The van der Waals surface area contributed by atoms with Gasteiger partial charge in [-0.3, -0.25) is 14.5 Å². The molecule has 4 rings (SSSR count). The number of thiophene rings is 1. The summed E-state index contributed by atoms with van der Waals surface area (Å²) in [5, 5.41) is 1.93. The molecule has 0 saturated heterocycles. The summed E-state index contributed by atoms with van der Waals surface area (Å²) in [7, 11) is 1.88. The van der Waals surface area contributed by atoms with Gasteiger partial charge >= 0.3 is 0 Å². The number of imide groups is 1. The Morgan fingerprint density at radius 1 is 0.828 bits per heavy atom. The van der Waals surface area contributed by atoms with E-state index < -0.39 is 0 Å². The molecule has 0 N–H and O–H groups in total. The molecule has 3 aromatic rings. The number of benzene rings is 2. The highest BCUT2D eigenvalue weighted by Gasteiger charge is 2.40. The fourth-order valence-electron chi connectivity index (χ4n) is 3.59. The largest absolute Gasteiger partial charge is 0.365 e. The standard InChI is InChI=1S/C24H22N2O2S/c1-25(17-19-11-6-3-7-12-19)22-21(20-13-8-16-29-20)23(27)26(24(22)28)15-14-18-9-4-2-5-10-18/h2-13,16H,14-15,17H2,1H3. The third-order valence-electron chi connectivity index (χ3n) is 5.02. The SMILES string of the molecule is CN(Cc1ccccc1)C1=C(c2cccs2)C(=O)N(CCc2ccccc2)C1=O. The summed E-state index contributed by atoms with van der Waals surface area (Å²) in [6.07, 6.45) is 0.645. The van der Waals surface area contributed by atoms with E-state index in [1.165, 1.54) is 16.2 Å². The first-order valence-electron chi connectivity index (χ1n) is 9.58. The molecule has 4 nitrogen and oxygen atoms in total. The Labute approximate surface area is 174 Å². The van der Waals surface area contributed by atoms with E-state index in [1.54, 1.807) is 0 Å². The van der Waals surface area contributed by atoms with Crippen LogP contribution in [0, 0.1) is 0 Å². The maximum atomic E-state index is 13.3. The highest BCUT2D eigenvalue weighted by molar-refractivity contribution is 7.11. The Bertz CT molecular complexity index is 1030. The first kappa shape index (κ1) is 19.2. The maximum Gasteiger partial charge on any atom is 0.277 e. The summed E-state index contributed by atoms with van der Waals surface area (Å²) in [6.45, 7) is 0.940. The second-order valence-corrected chi connectivity index (χ2v) is 7.99. The Morgan fingerprint density at radius 3 is 2.10 bits per heavy atom. The van der Waals surface area contributed by atoms with Crippen LogP contribution < -0.4 is 0 Å². The lowest BCUT2D eigenvalue weighted by molar-refractivity contribution is -0.137. The molecule has 29 heavy (non-hydrogen) atoms. The van der Waals surface area contributed by atoms with Crippen molar-refractivity contribution >= 4 is 28.7 Å². The van der Waals surface area contributed by atoms with E-state index in [1.807, 2.05) is 90.1 Å². The van der Waals surface area contributed by atoms with E-state index in [4.69, 9.17) is 0 Å².